The Bertz CT molecular complexity index is 981. The van der Waals surface area contributed by atoms with Crippen molar-refractivity contribution < 1.29 is 4.79 Å². The summed E-state index contributed by atoms with van der Waals surface area (Å²) in [6.45, 7) is 8.67. The van der Waals surface area contributed by atoms with E-state index in [1.165, 1.54) is 11.9 Å². The molecule has 0 N–H and O–H groups in total. The van der Waals surface area contributed by atoms with Crippen molar-refractivity contribution in [1.29, 1.82) is 0 Å². The van der Waals surface area contributed by atoms with Gasteiger partial charge in [-0.2, -0.15) is 0 Å². The van der Waals surface area contributed by atoms with Gasteiger partial charge in [0, 0.05) is 49.5 Å². The van der Waals surface area contributed by atoms with Crippen molar-refractivity contribution in [3.63, 3.8) is 0 Å². The molecule has 144 valence electrons. The van der Waals surface area contributed by atoms with Crippen LogP contribution in [-0.4, -0.2) is 63.4 Å². The Balaban J connectivity index is 1.79. The second-order valence-corrected chi connectivity index (χ2v) is 7.11. The number of amides is 1. The van der Waals surface area contributed by atoms with Crippen LogP contribution in [0.15, 0.2) is 43.0 Å². The molecule has 1 aromatic carbocycles. The number of hydrogen-bond acceptors (Lipinski definition) is 5. The predicted molar refractivity (Wildman–Crippen MR) is 110 cm³/mol. The molecule has 0 saturated carbocycles. The van der Waals surface area contributed by atoms with E-state index in [2.05, 4.69) is 40.8 Å². The van der Waals surface area contributed by atoms with Crippen LogP contribution in [0.25, 0.3) is 22.2 Å². The van der Waals surface area contributed by atoms with E-state index < -0.39 is 0 Å². The van der Waals surface area contributed by atoms with E-state index in [1.54, 1.807) is 12.4 Å². The fourth-order valence-corrected chi connectivity index (χ4v) is 3.69. The summed E-state index contributed by atoms with van der Waals surface area (Å²) in [6, 6.07) is 8.08. The van der Waals surface area contributed by atoms with E-state index in [9.17, 15) is 4.79 Å². The molecule has 0 aliphatic carbocycles. The van der Waals surface area contributed by atoms with E-state index in [-0.39, 0.29) is 5.91 Å². The first-order valence-corrected chi connectivity index (χ1v) is 9.90. The first-order valence-electron chi connectivity index (χ1n) is 9.90. The van der Waals surface area contributed by atoms with Crippen LogP contribution >= 0.6 is 0 Å². The molecule has 6 heteroatoms. The Hall–Kier alpha value is -2.86. The number of pyridine rings is 1. The van der Waals surface area contributed by atoms with Gasteiger partial charge in [0.15, 0.2) is 0 Å². The number of fused-ring (bicyclic) bond motifs is 1. The summed E-state index contributed by atoms with van der Waals surface area (Å²) < 4.78 is 0. The molecule has 3 heterocycles. The van der Waals surface area contributed by atoms with Gasteiger partial charge in [-0.15, -0.1) is 0 Å². The zero-order chi connectivity index (χ0) is 19.5. The third-order valence-corrected chi connectivity index (χ3v) is 5.47. The Labute approximate surface area is 165 Å². The van der Waals surface area contributed by atoms with Crippen molar-refractivity contribution in [1.82, 2.24) is 24.8 Å². The average Bonchev–Trinajstić information content (AvgIpc) is 2.78. The highest BCUT2D eigenvalue weighted by atomic mass is 16.2. The van der Waals surface area contributed by atoms with E-state index in [1.807, 2.05) is 17.0 Å². The molecule has 0 spiro atoms. The van der Waals surface area contributed by atoms with Crippen LogP contribution in [0.2, 0.25) is 0 Å². The quantitative estimate of drug-likeness (QED) is 0.701. The summed E-state index contributed by atoms with van der Waals surface area (Å²) in [5, 5.41) is 0.919. The van der Waals surface area contributed by atoms with E-state index >= 15 is 0 Å². The number of carbonyl (C=O) groups excluding carboxylic acids is 1. The zero-order valence-corrected chi connectivity index (χ0v) is 16.4. The van der Waals surface area contributed by atoms with Gasteiger partial charge in [0.25, 0.3) is 5.91 Å². The van der Waals surface area contributed by atoms with E-state index in [0.717, 1.165) is 61.3 Å². The summed E-state index contributed by atoms with van der Waals surface area (Å²) in [4.78, 5) is 30.7. The minimum absolute atomic E-state index is 0.0782. The lowest BCUT2D eigenvalue weighted by molar-refractivity contribution is 0.0645. The van der Waals surface area contributed by atoms with Crippen molar-refractivity contribution in [3.05, 3.63) is 54.1 Å². The van der Waals surface area contributed by atoms with Crippen molar-refractivity contribution in [3.8, 4) is 11.3 Å². The third kappa shape index (κ3) is 3.60. The van der Waals surface area contributed by atoms with Crippen molar-refractivity contribution in [2.24, 2.45) is 0 Å². The normalized spacial score (nSPS) is 15.1. The number of likely N-dealkylation sites (N-methyl/N-ethyl adjacent to an activating group) is 1. The summed E-state index contributed by atoms with van der Waals surface area (Å²) in [7, 11) is 0. The van der Waals surface area contributed by atoms with Gasteiger partial charge in [0.05, 0.1) is 16.8 Å². The molecule has 6 nitrogen and oxygen atoms in total. The highest BCUT2D eigenvalue weighted by molar-refractivity contribution is 6.07. The summed E-state index contributed by atoms with van der Waals surface area (Å²) >= 11 is 0. The van der Waals surface area contributed by atoms with Crippen LogP contribution in [0.1, 0.15) is 29.8 Å². The maximum Gasteiger partial charge on any atom is 0.254 e. The molecule has 1 fully saturated rings. The van der Waals surface area contributed by atoms with Gasteiger partial charge in [-0.25, -0.2) is 15.0 Å². The minimum Gasteiger partial charge on any atom is -0.336 e. The fraction of sp³-hybridized carbons (Fsp3) is 0.364. The minimum atomic E-state index is 0.0782. The standard InChI is InChI=1S/C22H25N5O/c1-3-16-5-6-20-18(11-16)19(12-21(25-20)17-13-23-15-24-14-17)22(28)27-9-7-26(4-2)8-10-27/h5-6,11-15H,3-4,7-10H2,1-2H3. The van der Waals surface area contributed by atoms with Crippen molar-refractivity contribution in [2.75, 3.05) is 32.7 Å². The largest absolute Gasteiger partial charge is 0.336 e. The molecule has 1 aliphatic rings. The summed E-state index contributed by atoms with van der Waals surface area (Å²) in [6.07, 6.45) is 5.89. The number of aromatic nitrogens is 3. The summed E-state index contributed by atoms with van der Waals surface area (Å²) in [5.41, 5.74) is 4.29. The molecule has 1 saturated heterocycles. The first-order chi connectivity index (χ1) is 13.7. The van der Waals surface area contributed by atoms with Crippen molar-refractivity contribution in [2.45, 2.75) is 20.3 Å². The molecule has 4 rings (SSSR count). The second kappa shape index (κ2) is 8.02. The Morgan fingerprint density at radius 1 is 1.04 bits per heavy atom. The smallest absolute Gasteiger partial charge is 0.254 e. The van der Waals surface area contributed by atoms with Gasteiger partial charge in [-0.3, -0.25) is 4.79 Å². The molecule has 0 bridgehead atoms. The summed E-state index contributed by atoms with van der Waals surface area (Å²) in [5.74, 6) is 0.0782. The van der Waals surface area contributed by atoms with Gasteiger partial charge in [-0.1, -0.05) is 19.9 Å². The van der Waals surface area contributed by atoms with E-state index in [0.29, 0.717) is 5.56 Å². The van der Waals surface area contributed by atoms with Gasteiger partial charge in [0.2, 0.25) is 0 Å². The maximum atomic E-state index is 13.4. The van der Waals surface area contributed by atoms with Gasteiger partial charge >= 0.3 is 0 Å². The molecular weight excluding hydrogens is 350 g/mol. The number of carbonyl (C=O) groups is 1. The highest BCUT2D eigenvalue weighted by Crippen LogP contribution is 2.26. The van der Waals surface area contributed by atoms with Crippen molar-refractivity contribution >= 4 is 16.8 Å². The molecule has 0 unspecified atom stereocenters. The molecule has 0 radical (unpaired) electrons. The monoisotopic (exact) mass is 375 g/mol. The topological polar surface area (TPSA) is 62.2 Å². The van der Waals surface area contributed by atoms with Gasteiger partial charge in [0.1, 0.15) is 6.33 Å². The zero-order valence-electron chi connectivity index (χ0n) is 16.4. The van der Waals surface area contributed by atoms with E-state index in [4.69, 9.17) is 4.98 Å². The van der Waals surface area contributed by atoms with Crippen LogP contribution < -0.4 is 0 Å². The van der Waals surface area contributed by atoms with Crippen LogP contribution in [0, 0.1) is 0 Å². The third-order valence-electron chi connectivity index (χ3n) is 5.47. The fourth-order valence-electron chi connectivity index (χ4n) is 3.69. The van der Waals surface area contributed by atoms with Crippen LogP contribution in [0.4, 0.5) is 0 Å². The number of aryl methyl sites for hydroxylation is 1. The lowest BCUT2D eigenvalue weighted by Crippen LogP contribution is -2.48. The van der Waals surface area contributed by atoms with Gasteiger partial charge in [-0.05, 0) is 36.7 Å². The SMILES string of the molecule is CCc1ccc2nc(-c3cncnc3)cc(C(=O)N3CCN(CC)CC3)c2c1. The van der Waals surface area contributed by atoms with Gasteiger partial charge < -0.3 is 9.80 Å². The number of nitrogens with zero attached hydrogens (tertiary/aromatic N) is 5. The first kappa shape index (κ1) is 18.5. The lowest BCUT2D eigenvalue weighted by Gasteiger charge is -2.34. The number of benzene rings is 1. The predicted octanol–water partition coefficient (Wildman–Crippen LogP) is 3.03. The molecule has 1 aliphatic heterocycles. The average molecular weight is 375 g/mol. The lowest BCUT2D eigenvalue weighted by atomic mass is 10.0. The molecular formula is C22H25N5O. The Morgan fingerprint density at radius 3 is 2.46 bits per heavy atom. The van der Waals surface area contributed by atoms with Crippen LogP contribution in [0.5, 0.6) is 0 Å². The molecule has 0 atom stereocenters. The molecule has 28 heavy (non-hydrogen) atoms. The second-order valence-electron chi connectivity index (χ2n) is 7.11. The molecule has 1 amide bonds. The van der Waals surface area contributed by atoms with Crippen LogP contribution in [-0.2, 0) is 6.42 Å². The maximum absolute atomic E-state index is 13.4. The van der Waals surface area contributed by atoms with Crippen LogP contribution in [0.3, 0.4) is 0 Å². The number of hydrogen-bond donors (Lipinski definition) is 0. The number of rotatable bonds is 4. The number of piperazine rings is 1. The Kier molecular flexibility index (Phi) is 5.30. The highest BCUT2D eigenvalue weighted by Gasteiger charge is 2.24. The molecule has 3 aromatic rings. The Morgan fingerprint density at radius 2 is 1.79 bits per heavy atom. The molecule has 2 aromatic heterocycles.